The van der Waals surface area contributed by atoms with Crippen LogP contribution in [0.4, 0.5) is 0 Å². The zero-order valence-electron chi connectivity index (χ0n) is 8.98. The second kappa shape index (κ2) is 7.20. The summed E-state index contributed by atoms with van der Waals surface area (Å²) in [6.07, 6.45) is 4.25. The number of ether oxygens (including phenoxy) is 2. The van der Waals surface area contributed by atoms with E-state index in [4.69, 9.17) is 14.6 Å². The van der Waals surface area contributed by atoms with Crippen molar-refractivity contribution in [1.82, 2.24) is 4.98 Å². The van der Waals surface area contributed by atoms with Crippen molar-refractivity contribution in [2.45, 2.75) is 20.0 Å². The van der Waals surface area contributed by atoms with E-state index in [1.54, 1.807) is 18.5 Å². The zero-order chi connectivity index (χ0) is 10.9. The lowest BCUT2D eigenvalue weighted by Crippen LogP contribution is -2.08. The highest BCUT2D eigenvalue weighted by molar-refractivity contribution is 5.29. The second-order valence-electron chi connectivity index (χ2n) is 3.10. The van der Waals surface area contributed by atoms with Gasteiger partial charge in [0, 0.05) is 24.6 Å². The molecular formula is C11H17NO3. The number of hydrogen-bond donors (Lipinski definition) is 1. The number of pyridine rings is 1. The molecular weight excluding hydrogens is 194 g/mol. The molecule has 4 heteroatoms. The van der Waals surface area contributed by atoms with Gasteiger partial charge in [-0.2, -0.15) is 0 Å². The summed E-state index contributed by atoms with van der Waals surface area (Å²) in [5, 5.41) is 9.01. The summed E-state index contributed by atoms with van der Waals surface area (Å²) in [6, 6.07) is 1.74. The minimum atomic E-state index is -0.0566. The molecule has 1 heterocycles. The van der Waals surface area contributed by atoms with Gasteiger partial charge in [-0.05, 0) is 12.5 Å². The van der Waals surface area contributed by atoms with E-state index in [0.717, 1.165) is 13.0 Å². The fraction of sp³-hybridized carbons (Fsp3) is 0.545. The fourth-order valence-corrected chi connectivity index (χ4v) is 1.13. The Balaban J connectivity index is 2.30. The maximum absolute atomic E-state index is 9.01. The molecule has 0 bridgehead atoms. The van der Waals surface area contributed by atoms with Gasteiger partial charge >= 0.3 is 0 Å². The highest BCUT2D eigenvalue weighted by atomic mass is 16.5. The number of rotatable bonds is 7. The first kappa shape index (κ1) is 11.9. The van der Waals surface area contributed by atoms with Crippen LogP contribution < -0.4 is 4.74 Å². The molecule has 0 amide bonds. The molecule has 1 rings (SSSR count). The maximum Gasteiger partial charge on any atom is 0.128 e. The Morgan fingerprint density at radius 2 is 2.20 bits per heavy atom. The third kappa shape index (κ3) is 4.27. The fourth-order valence-electron chi connectivity index (χ4n) is 1.13. The normalized spacial score (nSPS) is 10.3. The highest BCUT2D eigenvalue weighted by Gasteiger charge is 2.01. The first-order chi connectivity index (χ1) is 7.38. The largest absolute Gasteiger partial charge is 0.491 e. The Morgan fingerprint density at radius 1 is 1.33 bits per heavy atom. The van der Waals surface area contributed by atoms with Crippen LogP contribution in [0.3, 0.4) is 0 Å². The third-order valence-corrected chi connectivity index (χ3v) is 1.86. The summed E-state index contributed by atoms with van der Waals surface area (Å²) in [5.74, 6) is 0.674. The first-order valence-electron chi connectivity index (χ1n) is 5.12. The summed E-state index contributed by atoms with van der Waals surface area (Å²) in [7, 11) is 0. The van der Waals surface area contributed by atoms with Crippen molar-refractivity contribution in [3.05, 3.63) is 24.0 Å². The van der Waals surface area contributed by atoms with Gasteiger partial charge in [-0.1, -0.05) is 6.92 Å². The standard InChI is InChI=1S/C11H17NO3/c1-2-5-14-6-7-15-11-3-4-12-8-10(11)9-13/h3-4,8,13H,2,5-7,9H2,1H3. The molecule has 0 radical (unpaired) electrons. The van der Waals surface area contributed by atoms with Crippen LogP contribution in [0.5, 0.6) is 5.75 Å². The van der Waals surface area contributed by atoms with E-state index in [2.05, 4.69) is 11.9 Å². The van der Waals surface area contributed by atoms with Crippen LogP contribution in [0.2, 0.25) is 0 Å². The van der Waals surface area contributed by atoms with Gasteiger partial charge in [-0.3, -0.25) is 4.98 Å². The van der Waals surface area contributed by atoms with Crippen molar-refractivity contribution in [2.24, 2.45) is 0 Å². The van der Waals surface area contributed by atoms with Gasteiger partial charge in [0.1, 0.15) is 12.4 Å². The van der Waals surface area contributed by atoms with Crippen LogP contribution in [0.1, 0.15) is 18.9 Å². The average molecular weight is 211 g/mol. The van der Waals surface area contributed by atoms with Crippen LogP contribution in [-0.4, -0.2) is 29.9 Å². The minimum Gasteiger partial charge on any atom is -0.491 e. The van der Waals surface area contributed by atoms with E-state index in [1.165, 1.54) is 0 Å². The number of aromatic nitrogens is 1. The van der Waals surface area contributed by atoms with E-state index in [0.29, 0.717) is 24.5 Å². The van der Waals surface area contributed by atoms with Crippen molar-refractivity contribution in [1.29, 1.82) is 0 Å². The summed E-state index contributed by atoms with van der Waals surface area (Å²) in [4.78, 5) is 3.90. The Morgan fingerprint density at radius 3 is 2.93 bits per heavy atom. The molecule has 0 aliphatic rings. The van der Waals surface area contributed by atoms with Crippen molar-refractivity contribution in [2.75, 3.05) is 19.8 Å². The molecule has 0 aliphatic heterocycles. The molecule has 1 N–H and O–H groups in total. The Hall–Kier alpha value is -1.13. The van der Waals surface area contributed by atoms with Gasteiger partial charge < -0.3 is 14.6 Å². The number of aliphatic hydroxyl groups is 1. The lowest BCUT2D eigenvalue weighted by Gasteiger charge is -2.09. The third-order valence-electron chi connectivity index (χ3n) is 1.86. The highest BCUT2D eigenvalue weighted by Crippen LogP contribution is 2.15. The van der Waals surface area contributed by atoms with Gasteiger partial charge in [-0.25, -0.2) is 0 Å². The van der Waals surface area contributed by atoms with E-state index in [1.807, 2.05) is 0 Å². The van der Waals surface area contributed by atoms with Gasteiger partial charge in [0.2, 0.25) is 0 Å². The van der Waals surface area contributed by atoms with Crippen LogP contribution in [0.15, 0.2) is 18.5 Å². The van der Waals surface area contributed by atoms with Gasteiger partial charge in [-0.15, -0.1) is 0 Å². The molecule has 15 heavy (non-hydrogen) atoms. The summed E-state index contributed by atoms with van der Waals surface area (Å²) in [5.41, 5.74) is 0.702. The Kier molecular flexibility index (Phi) is 5.73. The molecule has 0 saturated heterocycles. The molecule has 0 aromatic carbocycles. The topological polar surface area (TPSA) is 51.6 Å². The molecule has 0 unspecified atom stereocenters. The Bertz CT molecular complexity index is 278. The molecule has 0 spiro atoms. The monoisotopic (exact) mass is 211 g/mol. The number of hydrogen-bond acceptors (Lipinski definition) is 4. The van der Waals surface area contributed by atoms with Crippen LogP contribution in [0, 0.1) is 0 Å². The van der Waals surface area contributed by atoms with Crippen molar-refractivity contribution < 1.29 is 14.6 Å². The summed E-state index contributed by atoms with van der Waals surface area (Å²) < 4.78 is 10.7. The van der Waals surface area contributed by atoms with E-state index < -0.39 is 0 Å². The molecule has 1 aromatic rings. The predicted octanol–water partition coefficient (Wildman–Crippen LogP) is 1.38. The van der Waals surface area contributed by atoms with Gasteiger partial charge in [0.15, 0.2) is 0 Å². The van der Waals surface area contributed by atoms with Crippen LogP contribution >= 0.6 is 0 Å². The first-order valence-corrected chi connectivity index (χ1v) is 5.12. The molecule has 0 fully saturated rings. The lowest BCUT2D eigenvalue weighted by atomic mass is 10.3. The molecule has 0 atom stereocenters. The average Bonchev–Trinajstić information content (AvgIpc) is 2.29. The molecule has 4 nitrogen and oxygen atoms in total. The second-order valence-corrected chi connectivity index (χ2v) is 3.10. The number of aliphatic hydroxyl groups excluding tert-OH is 1. The van der Waals surface area contributed by atoms with E-state index >= 15 is 0 Å². The van der Waals surface area contributed by atoms with E-state index in [-0.39, 0.29) is 6.61 Å². The van der Waals surface area contributed by atoms with Gasteiger partial charge in [0.05, 0.1) is 13.2 Å². The van der Waals surface area contributed by atoms with Crippen molar-refractivity contribution >= 4 is 0 Å². The van der Waals surface area contributed by atoms with E-state index in [9.17, 15) is 0 Å². The van der Waals surface area contributed by atoms with Gasteiger partial charge in [0.25, 0.3) is 0 Å². The zero-order valence-corrected chi connectivity index (χ0v) is 8.98. The number of nitrogens with zero attached hydrogens (tertiary/aromatic N) is 1. The molecule has 0 aliphatic carbocycles. The molecule has 84 valence electrons. The predicted molar refractivity (Wildman–Crippen MR) is 56.8 cm³/mol. The quantitative estimate of drug-likeness (QED) is 0.692. The molecule has 0 saturated carbocycles. The lowest BCUT2D eigenvalue weighted by molar-refractivity contribution is 0.0996. The minimum absolute atomic E-state index is 0.0566. The van der Waals surface area contributed by atoms with Crippen LogP contribution in [-0.2, 0) is 11.3 Å². The smallest absolute Gasteiger partial charge is 0.128 e. The SMILES string of the molecule is CCCOCCOc1ccncc1CO. The maximum atomic E-state index is 9.01. The molecule has 1 aromatic heterocycles. The van der Waals surface area contributed by atoms with Crippen LogP contribution in [0.25, 0.3) is 0 Å². The Labute approximate surface area is 89.9 Å². The summed E-state index contributed by atoms with van der Waals surface area (Å²) >= 11 is 0. The van der Waals surface area contributed by atoms with Crippen molar-refractivity contribution in [3.63, 3.8) is 0 Å². The summed E-state index contributed by atoms with van der Waals surface area (Å²) in [6.45, 7) is 3.83. The van der Waals surface area contributed by atoms with Crippen molar-refractivity contribution in [3.8, 4) is 5.75 Å².